The van der Waals surface area contributed by atoms with Gasteiger partial charge in [-0.1, -0.05) is 29.8 Å². The Hall–Kier alpha value is -3.19. The van der Waals surface area contributed by atoms with Gasteiger partial charge in [-0.15, -0.1) is 10.2 Å². The lowest BCUT2D eigenvalue weighted by atomic mass is 10.1. The number of aromatic nitrogens is 5. The van der Waals surface area contributed by atoms with E-state index in [9.17, 15) is 4.79 Å². The van der Waals surface area contributed by atoms with E-state index in [1.54, 1.807) is 23.9 Å². The molecule has 0 unspecified atom stereocenters. The van der Waals surface area contributed by atoms with E-state index in [2.05, 4.69) is 20.6 Å². The van der Waals surface area contributed by atoms with Crippen LogP contribution in [0.5, 0.6) is 0 Å². The van der Waals surface area contributed by atoms with Crippen LogP contribution >= 0.6 is 11.6 Å². The zero-order valence-electron chi connectivity index (χ0n) is 14.6. The summed E-state index contributed by atoms with van der Waals surface area (Å²) in [4.78, 5) is 12.5. The SMILES string of the molecule is Cn1nc(-c2cccc(Cl)c2)cc1C(=O)NCCc1nnc2ccccn12. The van der Waals surface area contributed by atoms with Crippen LogP contribution in [0.4, 0.5) is 0 Å². The molecule has 0 aliphatic carbocycles. The van der Waals surface area contributed by atoms with E-state index in [1.165, 1.54) is 0 Å². The van der Waals surface area contributed by atoms with Gasteiger partial charge in [0.1, 0.15) is 11.5 Å². The van der Waals surface area contributed by atoms with Crippen molar-refractivity contribution in [1.29, 1.82) is 0 Å². The number of pyridine rings is 1. The third-order valence-electron chi connectivity index (χ3n) is 4.25. The minimum atomic E-state index is -0.188. The summed E-state index contributed by atoms with van der Waals surface area (Å²) in [7, 11) is 1.75. The van der Waals surface area contributed by atoms with Crippen LogP contribution in [0.1, 0.15) is 16.3 Å². The molecule has 0 aliphatic heterocycles. The molecule has 3 aromatic heterocycles. The van der Waals surface area contributed by atoms with Gasteiger partial charge in [-0.2, -0.15) is 5.10 Å². The zero-order valence-corrected chi connectivity index (χ0v) is 15.4. The summed E-state index contributed by atoms with van der Waals surface area (Å²) in [5, 5.41) is 16.2. The Morgan fingerprint density at radius 3 is 2.89 bits per heavy atom. The van der Waals surface area contributed by atoms with Gasteiger partial charge in [0.15, 0.2) is 5.65 Å². The van der Waals surface area contributed by atoms with E-state index in [0.717, 1.165) is 17.0 Å². The molecule has 4 rings (SSSR count). The van der Waals surface area contributed by atoms with Crippen LogP contribution in [0.2, 0.25) is 5.02 Å². The third kappa shape index (κ3) is 3.54. The maximum Gasteiger partial charge on any atom is 0.269 e. The molecule has 27 heavy (non-hydrogen) atoms. The number of fused-ring (bicyclic) bond motifs is 1. The van der Waals surface area contributed by atoms with Gasteiger partial charge < -0.3 is 5.32 Å². The molecule has 3 heterocycles. The van der Waals surface area contributed by atoms with E-state index in [0.29, 0.717) is 29.4 Å². The van der Waals surface area contributed by atoms with Gasteiger partial charge in [-0.25, -0.2) is 0 Å². The van der Waals surface area contributed by atoms with Crippen LogP contribution in [0.15, 0.2) is 54.7 Å². The molecular formula is C19H17ClN6O. The Bertz CT molecular complexity index is 1120. The number of aryl methyl sites for hydroxylation is 1. The van der Waals surface area contributed by atoms with Gasteiger partial charge in [-0.05, 0) is 30.3 Å². The first-order valence-corrected chi connectivity index (χ1v) is 8.86. The summed E-state index contributed by atoms with van der Waals surface area (Å²) in [5.41, 5.74) is 2.84. The molecule has 0 aliphatic rings. The van der Waals surface area contributed by atoms with Gasteiger partial charge in [0.25, 0.3) is 5.91 Å². The molecule has 0 saturated heterocycles. The fourth-order valence-electron chi connectivity index (χ4n) is 2.91. The summed E-state index contributed by atoms with van der Waals surface area (Å²) in [5.74, 6) is 0.614. The van der Waals surface area contributed by atoms with Crippen molar-refractivity contribution in [3.05, 3.63) is 71.3 Å². The number of nitrogens with one attached hydrogen (secondary N) is 1. The Labute approximate surface area is 160 Å². The Morgan fingerprint density at radius 2 is 2.04 bits per heavy atom. The Kier molecular flexibility index (Phi) is 4.60. The van der Waals surface area contributed by atoms with Crippen LogP contribution in [0, 0.1) is 0 Å². The van der Waals surface area contributed by atoms with Crippen molar-refractivity contribution in [1.82, 2.24) is 29.7 Å². The van der Waals surface area contributed by atoms with E-state index in [-0.39, 0.29) is 5.91 Å². The predicted octanol–water partition coefficient (Wildman–Crippen LogP) is 2.76. The first-order valence-electron chi connectivity index (χ1n) is 8.48. The van der Waals surface area contributed by atoms with Gasteiger partial charge in [0.2, 0.25) is 0 Å². The molecule has 0 saturated carbocycles. The Morgan fingerprint density at radius 1 is 1.15 bits per heavy atom. The lowest BCUT2D eigenvalue weighted by Gasteiger charge is -2.04. The number of amides is 1. The number of rotatable bonds is 5. The number of carbonyl (C=O) groups is 1. The highest BCUT2D eigenvalue weighted by Gasteiger charge is 2.14. The number of hydrogen-bond acceptors (Lipinski definition) is 4. The van der Waals surface area contributed by atoms with Crippen LogP contribution in [-0.4, -0.2) is 36.8 Å². The quantitative estimate of drug-likeness (QED) is 0.577. The smallest absolute Gasteiger partial charge is 0.269 e. The monoisotopic (exact) mass is 380 g/mol. The first-order chi connectivity index (χ1) is 13.1. The minimum Gasteiger partial charge on any atom is -0.350 e. The zero-order chi connectivity index (χ0) is 18.8. The van der Waals surface area contributed by atoms with Crippen LogP contribution < -0.4 is 5.32 Å². The topological polar surface area (TPSA) is 77.1 Å². The van der Waals surface area contributed by atoms with E-state index in [4.69, 9.17) is 11.6 Å². The molecule has 0 radical (unpaired) electrons. The maximum absolute atomic E-state index is 12.5. The van der Waals surface area contributed by atoms with E-state index < -0.39 is 0 Å². The molecule has 1 aromatic carbocycles. The summed E-state index contributed by atoms with van der Waals surface area (Å²) in [6.07, 6.45) is 2.49. The molecule has 0 fully saturated rings. The summed E-state index contributed by atoms with van der Waals surface area (Å²) in [6, 6.07) is 14.9. The Balaban J connectivity index is 1.44. The second-order valence-electron chi connectivity index (χ2n) is 6.10. The fourth-order valence-corrected chi connectivity index (χ4v) is 3.10. The largest absolute Gasteiger partial charge is 0.350 e. The molecule has 0 spiro atoms. The van der Waals surface area contributed by atoms with Crippen molar-refractivity contribution < 1.29 is 4.79 Å². The minimum absolute atomic E-state index is 0.188. The van der Waals surface area contributed by atoms with Crippen molar-refractivity contribution in [2.45, 2.75) is 6.42 Å². The highest BCUT2D eigenvalue weighted by molar-refractivity contribution is 6.30. The summed E-state index contributed by atoms with van der Waals surface area (Å²) >= 11 is 6.04. The number of nitrogens with zero attached hydrogens (tertiary/aromatic N) is 5. The van der Waals surface area contributed by atoms with Gasteiger partial charge in [0.05, 0.1) is 5.69 Å². The normalized spacial score (nSPS) is 11.0. The molecule has 8 heteroatoms. The van der Waals surface area contributed by atoms with Crippen molar-refractivity contribution in [2.24, 2.45) is 7.05 Å². The molecule has 1 N–H and O–H groups in total. The van der Waals surface area contributed by atoms with Crippen molar-refractivity contribution in [3.63, 3.8) is 0 Å². The van der Waals surface area contributed by atoms with Crippen molar-refractivity contribution >= 4 is 23.2 Å². The van der Waals surface area contributed by atoms with Crippen LogP contribution in [0.25, 0.3) is 16.9 Å². The van der Waals surface area contributed by atoms with E-state index >= 15 is 0 Å². The molecular weight excluding hydrogens is 364 g/mol. The predicted molar refractivity (Wildman–Crippen MR) is 103 cm³/mol. The number of halogens is 1. The number of hydrogen-bond donors (Lipinski definition) is 1. The maximum atomic E-state index is 12.5. The second kappa shape index (κ2) is 7.20. The lowest BCUT2D eigenvalue weighted by molar-refractivity contribution is 0.0944. The van der Waals surface area contributed by atoms with E-state index in [1.807, 2.05) is 47.0 Å². The van der Waals surface area contributed by atoms with Gasteiger partial charge in [0, 0.05) is 36.8 Å². The highest BCUT2D eigenvalue weighted by Crippen LogP contribution is 2.22. The second-order valence-corrected chi connectivity index (χ2v) is 6.54. The third-order valence-corrected chi connectivity index (χ3v) is 4.49. The molecule has 0 bridgehead atoms. The summed E-state index contributed by atoms with van der Waals surface area (Å²) < 4.78 is 3.48. The fraction of sp³-hybridized carbons (Fsp3) is 0.158. The van der Waals surface area contributed by atoms with Crippen LogP contribution in [0.3, 0.4) is 0 Å². The van der Waals surface area contributed by atoms with Crippen molar-refractivity contribution in [2.75, 3.05) is 6.54 Å². The molecule has 0 atom stereocenters. The number of carbonyl (C=O) groups excluding carboxylic acids is 1. The molecule has 136 valence electrons. The van der Waals surface area contributed by atoms with Crippen molar-refractivity contribution in [3.8, 4) is 11.3 Å². The first kappa shape index (κ1) is 17.2. The number of benzene rings is 1. The average Bonchev–Trinajstić information content (AvgIpc) is 3.26. The highest BCUT2D eigenvalue weighted by atomic mass is 35.5. The molecule has 4 aromatic rings. The summed E-state index contributed by atoms with van der Waals surface area (Å²) in [6.45, 7) is 0.451. The average molecular weight is 381 g/mol. The van der Waals surface area contributed by atoms with Crippen LogP contribution in [-0.2, 0) is 13.5 Å². The van der Waals surface area contributed by atoms with Gasteiger partial charge in [-0.3, -0.25) is 13.9 Å². The standard InChI is InChI=1S/C19H17ClN6O/c1-25-16(12-15(24-25)13-5-4-6-14(20)11-13)19(27)21-9-8-18-23-22-17-7-2-3-10-26(17)18/h2-7,10-12H,8-9H2,1H3,(H,21,27). The molecule has 7 nitrogen and oxygen atoms in total. The molecule has 1 amide bonds. The lowest BCUT2D eigenvalue weighted by Crippen LogP contribution is -2.28. The van der Waals surface area contributed by atoms with Gasteiger partial charge >= 0.3 is 0 Å².